The number of halogens is 1. The van der Waals surface area contributed by atoms with Crippen molar-refractivity contribution in [3.8, 4) is 11.5 Å². The Balaban J connectivity index is 2.30. The highest BCUT2D eigenvalue weighted by atomic mass is 35.5. The summed E-state index contributed by atoms with van der Waals surface area (Å²) in [5.74, 6) is 0.581. The summed E-state index contributed by atoms with van der Waals surface area (Å²) >= 11 is 6.39. The maximum Gasteiger partial charge on any atom is 0.341 e. The summed E-state index contributed by atoms with van der Waals surface area (Å²) in [6, 6.07) is 11.1. The van der Waals surface area contributed by atoms with Gasteiger partial charge >= 0.3 is 5.97 Å². The van der Waals surface area contributed by atoms with Gasteiger partial charge in [-0.25, -0.2) is 4.79 Å². The molecule has 0 unspecified atom stereocenters. The average molecular weight is 415 g/mol. The monoisotopic (exact) mass is 414 g/mol. The molecular weight excluding hydrogens is 392 g/mol. The largest absolute Gasteiger partial charge is 0.503 e. The highest BCUT2D eigenvalue weighted by molar-refractivity contribution is 6.33. The third kappa shape index (κ3) is 5.42. The minimum atomic E-state index is -0.472. The Bertz CT molecular complexity index is 944. The minimum absolute atomic E-state index is 0.335. The third-order valence-corrected chi connectivity index (χ3v) is 4.46. The summed E-state index contributed by atoms with van der Waals surface area (Å²) in [6.07, 6.45) is 8.82. The van der Waals surface area contributed by atoms with E-state index in [0.717, 1.165) is 11.1 Å². The molecule has 0 aliphatic heterocycles. The fourth-order valence-electron chi connectivity index (χ4n) is 2.69. The predicted octanol–water partition coefficient (Wildman–Crippen LogP) is 5.24. The zero-order valence-corrected chi connectivity index (χ0v) is 17.5. The summed E-state index contributed by atoms with van der Waals surface area (Å²) < 4.78 is 20.4. The molecule has 0 aliphatic carbocycles. The molecule has 0 fully saturated rings. The van der Waals surface area contributed by atoms with Crippen molar-refractivity contribution in [3.63, 3.8) is 0 Å². The molecule has 0 aliphatic rings. The number of rotatable bonds is 8. The number of hydrogen-bond donors (Lipinski definition) is 0. The number of carbonyl (C=O) groups excluding carboxylic acids is 1. The van der Waals surface area contributed by atoms with Crippen molar-refractivity contribution in [2.24, 2.45) is 0 Å². The van der Waals surface area contributed by atoms with E-state index in [0.29, 0.717) is 27.7 Å². The Labute approximate surface area is 175 Å². The summed E-state index contributed by atoms with van der Waals surface area (Å²) in [7, 11) is 5.92. The van der Waals surface area contributed by atoms with Crippen molar-refractivity contribution >= 4 is 35.3 Å². The van der Waals surface area contributed by atoms with Gasteiger partial charge in [0.25, 0.3) is 0 Å². The number of carbonyl (C=O) groups is 1. The molecule has 2 rings (SSSR count). The number of hydrogen-bond acceptors (Lipinski definition) is 5. The highest BCUT2D eigenvalue weighted by Crippen LogP contribution is 2.37. The molecule has 0 saturated heterocycles. The fraction of sp³-hybridized carbons (Fsp3) is 0.174. The second kappa shape index (κ2) is 11.0. The molecule has 0 N–H and O–H groups in total. The van der Waals surface area contributed by atoms with Gasteiger partial charge in [-0.3, -0.25) is 0 Å². The summed E-state index contributed by atoms with van der Waals surface area (Å²) in [5, 5.41) is 0.466. The van der Waals surface area contributed by atoms with Crippen LogP contribution in [-0.2, 0) is 14.3 Å². The van der Waals surface area contributed by atoms with E-state index in [-0.39, 0.29) is 0 Å². The molecule has 0 atom stereocenters. The Kier molecular flexibility index (Phi) is 8.37. The van der Waals surface area contributed by atoms with E-state index in [4.69, 9.17) is 30.5 Å². The molecule has 0 bridgehead atoms. The number of methoxy groups -OCH3 is 4. The van der Waals surface area contributed by atoms with Crippen LogP contribution in [0.4, 0.5) is 0 Å². The summed E-state index contributed by atoms with van der Waals surface area (Å²) in [5.41, 5.74) is 2.67. The third-order valence-electron chi connectivity index (χ3n) is 4.07. The molecule has 0 spiro atoms. The molecule has 0 amide bonds. The summed E-state index contributed by atoms with van der Waals surface area (Å²) in [6.45, 7) is 0. The van der Waals surface area contributed by atoms with Gasteiger partial charge in [0.05, 0.1) is 39.7 Å². The van der Waals surface area contributed by atoms with E-state index in [1.54, 1.807) is 20.3 Å². The van der Waals surface area contributed by atoms with E-state index >= 15 is 0 Å². The van der Waals surface area contributed by atoms with Gasteiger partial charge in [0.15, 0.2) is 11.5 Å². The van der Waals surface area contributed by atoms with Crippen molar-refractivity contribution in [1.82, 2.24) is 0 Å². The SMILES string of the molecule is CO/C=C(/C(=O)OC)c1ccccc1/C=C/C=C/c1ccc(OC)c(OC)c1Cl. The van der Waals surface area contributed by atoms with Gasteiger partial charge in [-0.2, -0.15) is 0 Å². The van der Waals surface area contributed by atoms with Crippen molar-refractivity contribution in [2.45, 2.75) is 0 Å². The zero-order chi connectivity index (χ0) is 21.2. The molecule has 0 heterocycles. The molecule has 0 saturated carbocycles. The summed E-state index contributed by atoms with van der Waals surface area (Å²) in [4.78, 5) is 12.1. The van der Waals surface area contributed by atoms with Crippen LogP contribution >= 0.6 is 11.6 Å². The van der Waals surface area contributed by atoms with E-state index in [9.17, 15) is 4.79 Å². The molecular formula is C23H23ClO5. The topological polar surface area (TPSA) is 54.0 Å². The van der Waals surface area contributed by atoms with Crippen LogP contribution in [0, 0.1) is 0 Å². The van der Waals surface area contributed by atoms with Gasteiger partial charge in [0.1, 0.15) is 5.57 Å². The lowest BCUT2D eigenvalue weighted by Gasteiger charge is -2.10. The smallest absolute Gasteiger partial charge is 0.341 e. The van der Waals surface area contributed by atoms with Gasteiger partial charge in [0, 0.05) is 0 Å². The van der Waals surface area contributed by atoms with Crippen LogP contribution in [0.3, 0.4) is 0 Å². The molecule has 5 nitrogen and oxygen atoms in total. The van der Waals surface area contributed by atoms with Crippen LogP contribution in [-0.4, -0.2) is 34.4 Å². The van der Waals surface area contributed by atoms with Crippen LogP contribution in [0.2, 0.25) is 5.02 Å². The van der Waals surface area contributed by atoms with E-state index in [1.807, 2.05) is 54.6 Å². The zero-order valence-electron chi connectivity index (χ0n) is 16.8. The van der Waals surface area contributed by atoms with Crippen molar-refractivity contribution in [1.29, 1.82) is 0 Å². The van der Waals surface area contributed by atoms with Crippen molar-refractivity contribution < 1.29 is 23.7 Å². The molecule has 152 valence electrons. The van der Waals surface area contributed by atoms with Crippen LogP contribution in [0.5, 0.6) is 11.5 Å². The van der Waals surface area contributed by atoms with Gasteiger partial charge in [-0.05, 0) is 28.8 Å². The van der Waals surface area contributed by atoms with Gasteiger partial charge in [0.2, 0.25) is 0 Å². The second-order valence-corrected chi connectivity index (χ2v) is 6.15. The molecule has 2 aromatic carbocycles. The minimum Gasteiger partial charge on any atom is -0.503 e. The normalized spacial score (nSPS) is 11.7. The molecule has 29 heavy (non-hydrogen) atoms. The highest BCUT2D eigenvalue weighted by Gasteiger charge is 2.15. The first-order chi connectivity index (χ1) is 14.1. The number of esters is 1. The lowest BCUT2D eigenvalue weighted by molar-refractivity contribution is -0.133. The van der Waals surface area contributed by atoms with Crippen LogP contribution in [0.1, 0.15) is 16.7 Å². The quantitative estimate of drug-likeness (QED) is 0.256. The lowest BCUT2D eigenvalue weighted by atomic mass is 10.00. The standard InChI is InChI=1S/C23H23ClO5/c1-26-15-19(23(25)29-4)18-12-8-7-10-16(18)9-5-6-11-17-13-14-20(27-2)22(28-3)21(17)24/h5-15H,1-4H3/b9-5+,11-6+,19-15+. The van der Waals surface area contributed by atoms with Gasteiger partial charge in [-0.15, -0.1) is 0 Å². The van der Waals surface area contributed by atoms with Crippen molar-refractivity contribution in [2.75, 3.05) is 28.4 Å². The second-order valence-electron chi connectivity index (χ2n) is 5.77. The Morgan fingerprint density at radius 3 is 2.21 bits per heavy atom. The molecule has 6 heteroatoms. The average Bonchev–Trinajstić information content (AvgIpc) is 2.75. The predicted molar refractivity (Wildman–Crippen MR) is 116 cm³/mol. The molecule has 0 aromatic heterocycles. The lowest BCUT2D eigenvalue weighted by Crippen LogP contribution is -2.05. The number of ether oxygens (including phenoxy) is 4. The first-order valence-electron chi connectivity index (χ1n) is 8.73. The first-order valence-corrected chi connectivity index (χ1v) is 9.11. The van der Waals surface area contributed by atoms with E-state index in [2.05, 4.69) is 0 Å². The van der Waals surface area contributed by atoms with Crippen LogP contribution in [0.25, 0.3) is 17.7 Å². The maximum absolute atomic E-state index is 12.1. The Morgan fingerprint density at radius 2 is 1.59 bits per heavy atom. The van der Waals surface area contributed by atoms with E-state index < -0.39 is 5.97 Å². The molecule has 0 radical (unpaired) electrons. The van der Waals surface area contributed by atoms with Crippen LogP contribution in [0.15, 0.2) is 54.8 Å². The molecule has 2 aromatic rings. The first kappa shape index (κ1) is 22.1. The maximum atomic E-state index is 12.1. The number of allylic oxidation sites excluding steroid dienone is 2. The van der Waals surface area contributed by atoms with Crippen LogP contribution < -0.4 is 9.47 Å². The fourth-order valence-corrected chi connectivity index (χ4v) is 2.98. The Hall–Kier alpha value is -3.18. The number of benzene rings is 2. The van der Waals surface area contributed by atoms with Crippen molar-refractivity contribution in [3.05, 3.63) is 76.5 Å². The van der Waals surface area contributed by atoms with Gasteiger partial charge < -0.3 is 18.9 Å². The Morgan fingerprint density at radius 1 is 0.897 bits per heavy atom. The van der Waals surface area contributed by atoms with E-state index in [1.165, 1.54) is 20.5 Å². The van der Waals surface area contributed by atoms with Gasteiger partial charge in [-0.1, -0.05) is 60.2 Å².